The first-order chi connectivity index (χ1) is 21.4. The van der Waals surface area contributed by atoms with E-state index in [1.54, 1.807) is 0 Å². The van der Waals surface area contributed by atoms with E-state index in [9.17, 15) is 30.7 Å². The van der Waals surface area contributed by atoms with Crippen molar-refractivity contribution in [3.63, 3.8) is 0 Å². The Morgan fingerprint density at radius 1 is 0.644 bits per heavy atom. The summed E-state index contributed by atoms with van der Waals surface area (Å²) in [5.74, 6) is -10.6. The maximum absolute atomic E-state index is 15.0. The Balaban J connectivity index is 1.32. The molecule has 0 atom stereocenters. The van der Waals surface area contributed by atoms with E-state index >= 15 is 8.78 Å². The fraction of sp³-hybridized carbons (Fsp3) is 0.294. The molecule has 0 radical (unpaired) electrons. The van der Waals surface area contributed by atoms with Gasteiger partial charge in [-0.2, -0.15) is 8.78 Å². The van der Waals surface area contributed by atoms with Gasteiger partial charge in [-0.3, -0.25) is 0 Å². The summed E-state index contributed by atoms with van der Waals surface area (Å²) in [4.78, 5) is 0. The number of halogens is 9. The normalized spacial score (nSPS) is 17.0. The van der Waals surface area contributed by atoms with E-state index in [2.05, 4.69) is 4.74 Å². The first-order valence-electron chi connectivity index (χ1n) is 14.3. The number of alkyl halides is 2. The number of hydrogen-bond acceptors (Lipinski definition) is 2. The van der Waals surface area contributed by atoms with E-state index in [1.807, 2.05) is 6.92 Å². The zero-order valence-electron chi connectivity index (χ0n) is 23.9. The Morgan fingerprint density at radius 2 is 1.20 bits per heavy atom. The fourth-order valence-corrected chi connectivity index (χ4v) is 5.67. The van der Waals surface area contributed by atoms with Crippen LogP contribution in [0.25, 0.3) is 22.3 Å². The lowest BCUT2D eigenvalue weighted by Gasteiger charge is -2.29. The first kappa shape index (κ1) is 32.4. The van der Waals surface area contributed by atoms with E-state index in [0.717, 1.165) is 49.2 Å². The molecule has 1 fully saturated rings. The molecule has 1 aliphatic carbocycles. The van der Waals surface area contributed by atoms with Crippen LogP contribution < -0.4 is 4.74 Å². The number of rotatable bonds is 9. The average molecular weight is 639 g/mol. The lowest BCUT2D eigenvalue weighted by Crippen LogP contribution is -2.26. The van der Waals surface area contributed by atoms with Crippen LogP contribution in [-0.2, 0) is 10.8 Å². The zero-order chi connectivity index (χ0) is 32.5. The van der Waals surface area contributed by atoms with Crippen LogP contribution in [0.5, 0.6) is 5.75 Å². The first-order valence-corrected chi connectivity index (χ1v) is 14.3. The smallest absolute Gasteiger partial charge is 0.429 e. The molecule has 2 nitrogen and oxygen atoms in total. The van der Waals surface area contributed by atoms with Crippen molar-refractivity contribution in [2.45, 2.75) is 44.6 Å². The van der Waals surface area contributed by atoms with Crippen molar-refractivity contribution in [2.24, 2.45) is 5.92 Å². The minimum absolute atomic E-state index is 0.0743. The van der Waals surface area contributed by atoms with E-state index in [4.69, 9.17) is 4.74 Å². The molecule has 238 valence electrons. The molecule has 11 heteroatoms. The third-order valence-electron chi connectivity index (χ3n) is 7.99. The predicted octanol–water partition coefficient (Wildman–Crippen LogP) is 10.4. The van der Waals surface area contributed by atoms with Gasteiger partial charge in [-0.05, 0) is 104 Å². The predicted molar refractivity (Wildman–Crippen MR) is 149 cm³/mol. The second-order valence-electron chi connectivity index (χ2n) is 10.9. The summed E-state index contributed by atoms with van der Waals surface area (Å²) in [6.07, 6.45) is -1.69. The summed E-state index contributed by atoms with van der Waals surface area (Å²) >= 11 is 0. The maximum Gasteiger partial charge on any atom is 0.432 e. The molecule has 0 aromatic heterocycles. The largest absolute Gasteiger partial charge is 0.432 e. The highest BCUT2D eigenvalue weighted by Gasteiger charge is 2.42. The molecule has 4 aromatic rings. The van der Waals surface area contributed by atoms with Crippen LogP contribution >= 0.6 is 0 Å². The van der Waals surface area contributed by atoms with E-state index in [1.165, 1.54) is 6.07 Å². The molecule has 0 unspecified atom stereocenters. The molecule has 45 heavy (non-hydrogen) atoms. The lowest BCUT2D eigenvalue weighted by molar-refractivity contribution is -0.189. The number of benzene rings is 4. The molecule has 0 saturated heterocycles. The summed E-state index contributed by atoms with van der Waals surface area (Å²) < 4.78 is 140. The van der Waals surface area contributed by atoms with Crippen LogP contribution in [0, 0.1) is 46.6 Å². The van der Waals surface area contributed by atoms with E-state index in [-0.39, 0.29) is 33.7 Å². The number of ether oxygens (including phenoxy) is 2. The Labute approximate surface area is 253 Å². The molecule has 0 heterocycles. The Morgan fingerprint density at radius 3 is 1.78 bits per heavy atom. The van der Waals surface area contributed by atoms with Crippen LogP contribution in [-0.4, -0.2) is 13.2 Å². The summed E-state index contributed by atoms with van der Waals surface area (Å²) in [7, 11) is 0. The van der Waals surface area contributed by atoms with Gasteiger partial charge >= 0.3 is 6.11 Å². The van der Waals surface area contributed by atoms with Crippen molar-refractivity contribution in [1.29, 1.82) is 0 Å². The zero-order valence-corrected chi connectivity index (χ0v) is 23.9. The van der Waals surface area contributed by atoms with Crippen molar-refractivity contribution in [1.82, 2.24) is 0 Å². The van der Waals surface area contributed by atoms with Gasteiger partial charge in [0, 0.05) is 30.4 Å². The number of hydrogen-bond donors (Lipinski definition) is 0. The lowest BCUT2D eigenvalue weighted by atomic mass is 9.79. The second-order valence-corrected chi connectivity index (χ2v) is 10.9. The summed E-state index contributed by atoms with van der Waals surface area (Å²) in [6, 6.07) is 8.50. The SMILES string of the molecule is CCOCC1CCC(c2cc(F)c(C(F)(F)Oc3ccc(-c4ccc(-c5cc(F)c(F)c(F)c5)c(F)c4)c(F)c3)c(F)c2)CC1. The highest BCUT2D eigenvalue weighted by Crippen LogP contribution is 2.41. The molecule has 1 saturated carbocycles. The summed E-state index contributed by atoms with van der Waals surface area (Å²) in [5, 5.41) is 0. The minimum atomic E-state index is -4.51. The van der Waals surface area contributed by atoms with Gasteiger partial charge in [-0.25, -0.2) is 30.7 Å². The molecule has 1 aliphatic rings. The van der Waals surface area contributed by atoms with Crippen molar-refractivity contribution in [3.8, 4) is 28.0 Å². The van der Waals surface area contributed by atoms with Gasteiger partial charge in [0.15, 0.2) is 17.5 Å². The van der Waals surface area contributed by atoms with Crippen LogP contribution in [0.15, 0.2) is 60.7 Å². The van der Waals surface area contributed by atoms with Gasteiger partial charge in [0.1, 0.15) is 34.6 Å². The third-order valence-corrected chi connectivity index (χ3v) is 7.99. The third kappa shape index (κ3) is 6.98. The molecule has 4 aromatic carbocycles. The van der Waals surface area contributed by atoms with Crippen LogP contribution in [0.1, 0.15) is 49.7 Å². The molecule has 0 aliphatic heterocycles. The molecule has 0 spiro atoms. The maximum atomic E-state index is 15.0. The van der Waals surface area contributed by atoms with Crippen molar-refractivity contribution >= 4 is 0 Å². The standard InChI is InChI=1S/C34H27F9O2/c1-2-44-17-18-3-5-19(6-4-18)21-12-28(37)32(29(38)13-21)34(42,43)45-23-8-10-24(27(36)16-23)20-7-9-25(26(35)11-20)22-14-30(39)33(41)31(40)15-22/h7-16,18-19H,2-6,17H2,1H3. The van der Waals surface area contributed by atoms with Crippen molar-refractivity contribution in [3.05, 3.63) is 113 Å². The van der Waals surface area contributed by atoms with Gasteiger partial charge in [0.25, 0.3) is 0 Å². The Hall–Kier alpha value is -3.99. The van der Waals surface area contributed by atoms with Crippen LogP contribution in [0.2, 0.25) is 0 Å². The minimum Gasteiger partial charge on any atom is -0.429 e. The monoisotopic (exact) mass is 638 g/mol. The van der Waals surface area contributed by atoms with Crippen molar-refractivity contribution < 1.29 is 49.0 Å². The van der Waals surface area contributed by atoms with Gasteiger partial charge in [0.05, 0.1) is 0 Å². The molecular weight excluding hydrogens is 611 g/mol. The average Bonchev–Trinajstić information content (AvgIpc) is 2.98. The molecule has 5 rings (SSSR count). The Bertz CT molecular complexity index is 1650. The van der Waals surface area contributed by atoms with Gasteiger partial charge in [0.2, 0.25) is 0 Å². The van der Waals surface area contributed by atoms with Gasteiger partial charge in [-0.1, -0.05) is 12.1 Å². The van der Waals surface area contributed by atoms with Crippen molar-refractivity contribution in [2.75, 3.05) is 13.2 Å². The van der Waals surface area contributed by atoms with E-state index < -0.39 is 58.1 Å². The summed E-state index contributed by atoms with van der Waals surface area (Å²) in [5.41, 5.74) is -2.30. The second kappa shape index (κ2) is 13.2. The summed E-state index contributed by atoms with van der Waals surface area (Å²) in [6.45, 7) is 3.08. The molecule has 0 bridgehead atoms. The topological polar surface area (TPSA) is 18.5 Å². The van der Waals surface area contributed by atoms with E-state index in [0.29, 0.717) is 50.2 Å². The quantitative estimate of drug-likeness (QED) is 0.134. The fourth-order valence-electron chi connectivity index (χ4n) is 5.67. The highest BCUT2D eigenvalue weighted by atomic mass is 19.3. The van der Waals surface area contributed by atoms with Crippen LogP contribution in [0.4, 0.5) is 39.5 Å². The molecule has 0 amide bonds. The van der Waals surface area contributed by atoms with Crippen LogP contribution in [0.3, 0.4) is 0 Å². The molecular formula is C34H27F9O2. The van der Waals surface area contributed by atoms with Gasteiger partial charge < -0.3 is 9.47 Å². The highest BCUT2D eigenvalue weighted by molar-refractivity contribution is 5.72. The Kier molecular flexibility index (Phi) is 9.48. The van der Waals surface area contributed by atoms with Gasteiger partial charge in [-0.15, -0.1) is 0 Å². The molecule has 0 N–H and O–H groups in total.